The summed E-state index contributed by atoms with van der Waals surface area (Å²) in [5, 5.41) is 2.25. The fourth-order valence-electron chi connectivity index (χ4n) is 3.69. The Bertz CT molecular complexity index is 763. The van der Waals surface area contributed by atoms with E-state index in [-0.39, 0.29) is 30.3 Å². The molecule has 26 heavy (non-hydrogen) atoms. The van der Waals surface area contributed by atoms with Crippen LogP contribution in [-0.4, -0.2) is 37.0 Å². The molecule has 0 aliphatic carbocycles. The maximum absolute atomic E-state index is 13.0. The number of benzene rings is 2. The summed E-state index contributed by atoms with van der Waals surface area (Å²) in [6, 6.07) is 12.4. The molecule has 4 nitrogen and oxygen atoms in total. The van der Waals surface area contributed by atoms with Gasteiger partial charge >= 0.3 is 0 Å². The van der Waals surface area contributed by atoms with Gasteiger partial charge in [0.25, 0.3) is 0 Å². The molecule has 142 valence electrons. The first kappa shape index (κ1) is 20.5. The number of amides is 1. The minimum Gasteiger partial charge on any atom is -0.497 e. The van der Waals surface area contributed by atoms with Crippen molar-refractivity contribution in [3.8, 4) is 5.75 Å². The zero-order chi connectivity index (χ0) is 18.0. The Labute approximate surface area is 162 Å². The van der Waals surface area contributed by atoms with Gasteiger partial charge in [-0.3, -0.25) is 4.79 Å². The van der Waals surface area contributed by atoms with Crippen molar-refractivity contribution in [2.24, 2.45) is 11.7 Å². The third kappa shape index (κ3) is 4.30. The number of hydrogen-bond donors (Lipinski definition) is 1. The summed E-state index contributed by atoms with van der Waals surface area (Å²) in [6.45, 7) is 5.67. The van der Waals surface area contributed by atoms with Crippen molar-refractivity contribution < 1.29 is 9.53 Å². The van der Waals surface area contributed by atoms with Gasteiger partial charge in [-0.25, -0.2) is 0 Å². The predicted molar refractivity (Wildman–Crippen MR) is 109 cm³/mol. The average Bonchev–Trinajstić information content (AvgIpc) is 2.66. The molecule has 1 saturated heterocycles. The molecule has 3 atom stereocenters. The first-order chi connectivity index (χ1) is 12.0. The minimum absolute atomic E-state index is 0. The summed E-state index contributed by atoms with van der Waals surface area (Å²) in [5.41, 5.74) is 7.12. The number of rotatable bonds is 4. The Morgan fingerprint density at radius 3 is 2.58 bits per heavy atom. The van der Waals surface area contributed by atoms with E-state index >= 15 is 0 Å². The molecule has 0 radical (unpaired) electrons. The Kier molecular flexibility index (Phi) is 6.90. The van der Waals surface area contributed by atoms with E-state index in [9.17, 15) is 4.79 Å². The number of nitrogens with two attached hydrogens (primary N) is 1. The molecule has 0 spiro atoms. The first-order valence-electron chi connectivity index (χ1n) is 9.11. The SMILES string of the molecule is COc1ccc2cc(C(C)C(=O)N3CCCC(C(C)N)C3)ccc2c1.Cl. The van der Waals surface area contributed by atoms with Gasteiger partial charge in [0, 0.05) is 19.1 Å². The number of carbonyl (C=O) groups is 1. The summed E-state index contributed by atoms with van der Waals surface area (Å²) in [4.78, 5) is 15.0. The zero-order valence-corrected chi connectivity index (χ0v) is 16.6. The monoisotopic (exact) mass is 376 g/mol. The summed E-state index contributed by atoms with van der Waals surface area (Å²) in [5.74, 6) is 1.32. The van der Waals surface area contributed by atoms with E-state index in [1.165, 1.54) is 0 Å². The van der Waals surface area contributed by atoms with Crippen LogP contribution < -0.4 is 10.5 Å². The number of methoxy groups -OCH3 is 1. The number of fused-ring (bicyclic) bond motifs is 1. The maximum Gasteiger partial charge on any atom is 0.229 e. The molecule has 3 rings (SSSR count). The van der Waals surface area contributed by atoms with Crippen LogP contribution >= 0.6 is 12.4 Å². The van der Waals surface area contributed by atoms with E-state index in [0.717, 1.165) is 48.0 Å². The molecule has 1 aliphatic rings. The second-order valence-electron chi connectivity index (χ2n) is 7.24. The molecule has 0 aromatic heterocycles. The molecule has 3 unspecified atom stereocenters. The fraction of sp³-hybridized carbons (Fsp3) is 0.476. The van der Waals surface area contributed by atoms with Crippen LogP contribution in [0.3, 0.4) is 0 Å². The van der Waals surface area contributed by atoms with E-state index in [4.69, 9.17) is 10.5 Å². The summed E-state index contributed by atoms with van der Waals surface area (Å²) >= 11 is 0. The van der Waals surface area contributed by atoms with Crippen molar-refractivity contribution in [1.29, 1.82) is 0 Å². The van der Waals surface area contributed by atoms with E-state index in [1.807, 2.05) is 36.9 Å². The molecular weight excluding hydrogens is 348 g/mol. The largest absolute Gasteiger partial charge is 0.497 e. The molecule has 1 amide bonds. The van der Waals surface area contributed by atoms with Crippen molar-refractivity contribution in [1.82, 2.24) is 4.90 Å². The molecule has 5 heteroatoms. The van der Waals surface area contributed by atoms with Crippen molar-refractivity contribution in [2.45, 2.75) is 38.6 Å². The molecule has 1 fully saturated rings. The molecule has 2 aromatic carbocycles. The number of ether oxygens (including phenoxy) is 1. The highest BCUT2D eigenvalue weighted by Gasteiger charge is 2.29. The third-order valence-corrected chi connectivity index (χ3v) is 5.45. The van der Waals surface area contributed by atoms with Gasteiger partial charge in [-0.05, 0) is 61.1 Å². The highest BCUT2D eigenvalue weighted by atomic mass is 35.5. The van der Waals surface area contributed by atoms with Crippen LogP contribution in [0.15, 0.2) is 36.4 Å². The van der Waals surface area contributed by atoms with Gasteiger partial charge in [0.1, 0.15) is 5.75 Å². The second-order valence-corrected chi connectivity index (χ2v) is 7.24. The predicted octanol–water partition coefficient (Wildman–Crippen LogP) is 3.96. The number of likely N-dealkylation sites (tertiary alicyclic amines) is 1. The summed E-state index contributed by atoms with van der Waals surface area (Å²) in [6.07, 6.45) is 2.16. The van der Waals surface area contributed by atoms with Crippen LogP contribution in [0.1, 0.15) is 38.2 Å². The topological polar surface area (TPSA) is 55.6 Å². The third-order valence-electron chi connectivity index (χ3n) is 5.45. The van der Waals surface area contributed by atoms with E-state index < -0.39 is 0 Å². The van der Waals surface area contributed by atoms with Gasteiger partial charge in [-0.1, -0.05) is 24.3 Å². The van der Waals surface area contributed by atoms with Gasteiger partial charge in [0.2, 0.25) is 5.91 Å². The fourth-order valence-corrected chi connectivity index (χ4v) is 3.69. The standard InChI is InChI=1S/C21H28N2O2.ClH/c1-14(21(24)23-10-4-5-19(13-23)15(2)22)16-6-7-18-12-20(25-3)9-8-17(18)11-16;/h6-9,11-12,14-15,19H,4-5,10,13,22H2,1-3H3;1H. The number of nitrogens with zero attached hydrogens (tertiary/aromatic N) is 1. The zero-order valence-electron chi connectivity index (χ0n) is 15.8. The van der Waals surface area contributed by atoms with Crippen LogP contribution in [-0.2, 0) is 4.79 Å². The van der Waals surface area contributed by atoms with Gasteiger partial charge in [-0.2, -0.15) is 0 Å². The van der Waals surface area contributed by atoms with E-state index in [2.05, 4.69) is 18.2 Å². The Balaban J connectivity index is 0.00000243. The quantitative estimate of drug-likeness (QED) is 0.878. The van der Waals surface area contributed by atoms with Crippen LogP contribution in [0.25, 0.3) is 10.8 Å². The van der Waals surface area contributed by atoms with Crippen molar-refractivity contribution >= 4 is 29.1 Å². The number of carbonyl (C=O) groups excluding carboxylic acids is 1. The van der Waals surface area contributed by atoms with Crippen LogP contribution in [0.5, 0.6) is 5.75 Å². The summed E-state index contributed by atoms with van der Waals surface area (Å²) < 4.78 is 5.28. The maximum atomic E-state index is 13.0. The average molecular weight is 377 g/mol. The van der Waals surface area contributed by atoms with Crippen molar-refractivity contribution in [3.05, 3.63) is 42.0 Å². The smallest absolute Gasteiger partial charge is 0.229 e. The van der Waals surface area contributed by atoms with Crippen LogP contribution in [0.4, 0.5) is 0 Å². The van der Waals surface area contributed by atoms with Crippen LogP contribution in [0, 0.1) is 5.92 Å². The Morgan fingerprint density at radius 2 is 1.88 bits per heavy atom. The highest BCUT2D eigenvalue weighted by Crippen LogP contribution is 2.28. The molecular formula is C21H29ClN2O2. The van der Waals surface area contributed by atoms with Crippen molar-refractivity contribution in [3.63, 3.8) is 0 Å². The lowest BCUT2D eigenvalue weighted by Crippen LogP contribution is -2.46. The van der Waals surface area contributed by atoms with Gasteiger partial charge in [-0.15, -0.1) is 12.4 Å². The lowest BCUT2D eigenvalue weighted by molar-refractivity contribution is -0.134. The minimum atomic E-state index is -0.140. The second kappa shape index (κ2) is 8.74. The van der Waals surface area contributed by atoms with E-state index in [0.29, 0.717) is 5.92 Å². The number of hydrogen-bond acceptors (Lipinski definition) is 3. The molecule has 0 saturated carbocycles. The normalized spacial score (nSPS) is 19.5. The van der Waals surface area contributed by atoms with Crippen molar-refractivity contribution in [2.75, 3.05) is 20.2 Å². The first-order valence-corrected chi connectivity index (χ1v) is 9.11. The molecule has 2 aromatic rings. The Morgan fingerprint density at radius 1 is 1.19 bits per heavy atom. The molecule has 1 heterocycles. The highest BCUT2D eigenvalue weighted by molar-refractivity contribution is 5.88. The van der Waals surface area contributed by atoms with Gasteiger partial charge < -0.3 is 15.4 Å². The summed E-state index contributed by atoms with van der Waals surface area (Å²) in [7, 11) is 1.67. The lowest BCUT2D eigenvalue weighted by atomic mass is 9.90. The molecule has 1 aliphatic heterocycles. The number of halogens is 1. The van der Waals surface area contributed by atoms with Gasteiger partial charge in [0.05, 0.1) is 13.0 Å². The van der Waals surface area contributed by atoms with Gasteiger partial charge in [0.15, 0.2) is 0 Å². The number of piperidine rings is 1. The lowest BCUT2D eigenvalue weighted by Gasteiger charge is -2.36. The Hall–Kier alpha value is -1.78. The molecule has 0 bridgehead atoms. The van der Waals surface area contributed by atoms with E-state index in [1.54, 1.807) is 7.11 Å². The van der Waals surface area contributed by atoms with Crippen LogP contribution in [0.2, 0.25) is 0 Å². The molecule has 2 N–H and O–H groups in total.